The lowest BCUT2D eigenvalue weighted by Crippen LogP contribution is -2.26. The molecule has 0 amide bonds. The van der Waals surface area contributed by atoms with Crippen LogP contribution in [0.5, 0.6) is 0 Å². The van der Waals surface area contributed by atoms with E-state index in [9.17, 15) is 5.11 Å². The SMILES string of the molecule is OC1(c2ccc(-c3ccccc3)cc2)c2ccccc2-c2cc3ccccc3cc21. The van der Waals surface area contributed by atoms with Crippen molar-refractivity contribution in [2.45, 2.75) is 5.60 Å². The lowest BCUT2D eigenvalue weighted by atomic mass is 9.83. The van der Waals surface area contributed by atoms with E-state index in [2.05, 4.69) is 72.8 Å². The second-order valence-electron chi connectivity index (χ2n) is 7.94. The smallest absolute Gasteiger partial charge is 0.141 e. The summed E-state index contributed by atoms with van der Waals surface area (Å²) in [4.78, 5) is 0. The summed E-state index contributed by atoms with van der Waals surface area (Å²) in [6.45, 7) is 0. The van der Waals surface area contributed by atoms with Crippen LogP contribution in [0.3, 0.4) is 0 Å². The van der Waals surface area contributed by atoms with Gasteiger partial charge in [-0.25, -0.2) is 0 Å². The maximum Gasteiger partial charge on any atom is 0.141 e. The molecule has 0 aliphatic heterocycles. The Kier molecular flexibility index (Phi) is 3.68. The Hall–Kier alpha value is -3.68. The van der Waals surface area contributed by atoms with E-state index in [0.29, 0.717) is 0 Å². The average molecular weight is 384 g/mol. The van der Waals surface area contributed by atoms with Gasteiger partial charge < -0.3 is 5.11 Å². The summed E-state index contributed by atoms with van der Waals surface area (Å²) < 4.78 is 0. The normalized spacial score (nSPS) is 17.0. The van der Waals surface area contributed by atoms with Crippen LogP contribution in [0.25, 0.3) is 33.0 Å². The molecule has 1 aliphatic carbocycles. The van der Waals surface area contributed by atoms with Crippen LogP contribution in [0, 0.1) is 0 Å². The van der Waals surface area contributed by atoms with E-state index in [0.717, 1.165) is 38.8 Å². The molecule has 142 valence electrons. The number of aliphatic hydroxyl groups is 1. The summed E-state index contributed by atoms with van der Waals surface area (Å²) in [6, 6.07) is 39.6. The van der Waals surface area contributed by atoms with Crippen molar-refractivity contribution in [3.05, 3.63) is 132 Å². The topological polar surface area (TPSA) is 20.2 Å². The maximum absolute atomic E-state index is 12.2. The van der Waals surface area contributed by atoms with Gasteiger partial charge in [-0.05, 0) is 50.7 Å². The first-order chi connectivity index (χ1) is 14.7. The van der Waals surface area contributed by atoms with Gasteiger partial charge in [0, 0.05) is 11.1 Å². The summed E-state index contributed by atoms with van der Waals surface area (Å²) in [5.41, 5.74) is 6.17. The molecule has 1 atom stereocenters. The van der Waals surface area contributed by atoms with E-state index in [4.69, 9.17) is 0 Å². The average Bonchev–Trinajstić information content (AvgIpc) is 3.07. The Balaban J connectivity index is 1.57. The second kappa shape index (κ2) is 6.41. The number of hydrogen-bond donors (Lipinski definition) is 1. The van der Waals surface area contributed by atoms with E-state index in [1.165, 1.54) is 10.9 Å². The Morgan fingerprint density at radius 3 is 1.83 bits per heavy atom. The van der Waals surface area contributed by atoms with Crippen molar-refractivity contribution < 1.29 is 5.11 Å². The number of rotatable bonds is 2. The third-order valence-electron chi connectivity index (χ3n) is 6.29. The largest absolute Gasteiger partial charge is 0.376 e. The third-order valence-corrected chi connectivity index (χ3v) is 6.29. The zero-order valence-corrected chi connectivity index (χ0v) is 16.4. The molecule has 6 rings (SSSR count). The molecular formula is C29H20O. The molecule has 0 saturated heterocycles. The lowest BCUT2D eigenvalue weighted by Gasteiger charge is -2.27. The van der Waals surface area contributed by atoms with Crippen LogP contribution in [-0.4, -0.2) is 5.11 Å². The molecule has 0 aromatic heterocycles. The second-order valence-corrected chi connectivity index (χ2v) is 7.94. The van der Waals surface area contributed by atoms with Crippen LogP contribution in [0.1, 0.15) is 16.7 Å². The van der Waals surface area contributed by atoms with Crippen molar-refractivity contribution in [3.63, 3.8) is 0 Å². The van der Waals surface area contributed by atoms with Crippen LogP contribution in [0.15, 0.2) is 115 Å². The molecule has 0 fully saturated rings. The molecule has 1 nitrogen and oxygen atoms in total. The predicted octanol–water partition coefficient (Wildman–Crippen LogP) is 6.77. The van der Waals surface area contributed by atoms with E-state index in [1.54, 1.807) is 0 Å². The summed E-state index contributed by atoms with van der Waals surface area (Å²) >= 11 is 0. The fourth-order valence-corrected chi connectivity index (χ4v) is 4.79. The minimum absolute atomic E-state index is 0.892. The quantitative estimate of drug-likeness (QED) is 0.356. The van der Waals surface area contributed by atoms with Crippen molar-refractivity contribution >= 4 is 10.8 Å². The van der Waals surface area contributed by atoms with Crippen LogP contribution >= 0.6 is 0 Å². The third kappa shape index (κ3) is 2.39. The van der Waals surface area contributed by atoms with Gasteiger partial charge in [0.05, 0.1) is 0 Å². The predicted molar refractivity (Wildman–Crippen MR) is 123 cm³/mol. The molecule has 1 N–H and O–H groups in total. The van der Waals surface area contributed by atoms with Crippen molar-refractivity contribution in [1.82, 2.24) is 0 Å². The highest BCUT2D eigenvalue weighted by Crippen LogP contribution is 2.52. The minimum Gasteiger partial charge on any atom is -0.376 e. The zero-order valence-electron chi connectivity index (χ0n) is 16.4. The Morgan fingerprint density at radius 1 is 0.467 bits per heavy atom. The first kappa shape index (κ1) is 17.2. The van der Waals surface area contributed by atoms with Gasteiger partial charge in [-0.15, -0.1) is 0 Å². The highest BCUT2D eigenvalue weighted by molar-refractivity contribution is 5.94. The molecular weight excluding hydrogens is 364 g/mol. The van der Waals surface area contributed by atoms with E-state index in [1.807, 2.05) is 42.5 Å². The summed E-state index contributed by atoms with van der Waals surface area (Å²) in [5.74, 6) is 0. The standard InChI is InChI=1S/C29H20O/c30-29(24-16-14-21(15-17-24)20-8-2-1-3-9-20)27-13-7-6-12-25(27)26-18-22-10-4-5-11-23(22)19-28(26)29/h1-19,30H. The molecule has 5 aromatic carbocycles. The molecule has 0 saturated carbocycles. The molecule has 0 radical (unpaired) electrons. The minimum atomic E-state index is -1.16. The van der Waals surface area contributed by atoms with Gasteiger partial charge in [0.25, 0.3) is 0 Å². The number of benzene rings is 5. The van der Waals surface area contributed by atoms with Crippen molar-refractivity contribution in [2.75, 3.05) is 0 Å². The fourth-order valence-electron chi connectivity index (χ4n) is 4.79. The van der Waals surface area contributed by atoms with E-state index in [-0.39, 0.29) is 0 Å². The van der Waals surface area contributed by atoms with Crippen LogP contribution in [0.4, 0.5) is 0 Å². The van der Waals surface area contributed by atoms with Crippen molar-refractivity contribution in [3.8, 4) is 22.3 Å². The lowest BCUT2D eigenvalue weighted by molar-refractivity contribution is 0.131. The Labute approximate surface area is 175 Å². The molecule has 0 bridgehead atoms. The molecule has 1 aliphatic rings. The van der Waals surface area contributed by atoms with Gasteiger partial charge in [0.15, 0.2) is 0 Å². The van der Waals surface area contributed by atoms with Gasteiger partial charge in [-0.1, -0.05) is 103 Å². The van der Waals surface area contributed by atoms with Gasteiger partial charge >= 0.3 is 0 Å². The summed E-state index contributed by atoms with van der Waals surface area (Å²) in [5, 5.41) is 14.5. The highest BCUT2D eigenvalue weighted by Gasteiger charge is 2.43. The first-order valence-corrected chi connectivity index (χ1v) is 10.3. The van der Waals surface area contributed by atoms with Crippen LogP contribution < -0.4 is 0 Å². The van der Waals surface area contributed by atoms with Crippen LogP contribution in [0.2, 0.25) is 0 Å². The van der Waals surface area contributed by atoms with Gasteiger partial charge in [0.2, 0.25) is 0 Å². The summed E-state index contributed by atoms with van der Waals surface area (Å²) in [6.07, 6.45) is 0. The molecule has 30 heavy (non-hydrogen) atoms. The molecule has 5 aromatic rings. The fraction of sp³-hybridized carbons (Fsp3) is 0.0345. The van der Waals surface area contributed by atoms with Gasteiger partial charge in [-0.2, -0.15) is 0 Å². The summed E-state index contributed by atoms with van der Waals surface area (Å²) in [7, 11) is 0. The van der Waals surface area contributed by atoms with E-state index >= 15 is 0 Å². The first-order valence-electron chi connectivity index (χ1n) is 10.3. The molecule has 0 heterocycles. The molecule has 1 heteroatoms. The van der Waals surface area contributed by atoms with Crippen LogP contribution in [-0.2, 0) is 5.60 Å². The van der Waals surface area contributed by atoms with Crippen molar-refractivity contribution in [1.29, 1.82) is 0 Å². The zero-order chi connectivity index (χ0) is 20.1. The Morgan fingerprint density at radius 2 is 1.07 bits per heavy atom. The van der Waals surface area contributed by atoms with Crippen molar-refractivity contribution in [2.24, 2.45) is 0 Å². The Bertz CT molecular complexity index is 1380. The maximum atomic E-state index is 12.2. The molecule has 0 spiro atoms. The van der Waals surface area contributed by atoms with Gasteiger partial charge in [0.1, 0.15) is 5.60 Å². The number of hydrogen-bond acceptors (Lipinski definition) is 1. The van der Waals surface area contributed by atoms with E-state index < -0.39 is 5.60 Å². The van der Waals surface area contributed by atoms with Gasteiger partial charge in [-0.3, -0.25) is 0 Å². The monoisotopic (exact) mass is 384 g/mol. The number of fused-ring (bicyclic) bond motifs is 4. The highest BCUT2D eigenvalue weighted by atomic mass is 16.3. The molecule has 1 unspecified atom stereocenters.